The zero-order valence-corrected chi connectivity index (χ0v) is 19.8. The van der Waals surface area contributed by atoms with Gasteiger partial charge in [0.2, 0.25) is 0 Å². The minimum atomic E-state index is -4.41. The van der Waals surface area contributed by atoms with Crippen LogP contribution in [0.15, 0.2) is 113 Å². The molecule has 37 heavy (non-hydrogen) atoms. The molecular weight excluding hydrogens is 496 g/mol. The lowest BCUT2D eigenvalue weighted by Crippen LogP contribution is -2.30. The summed E-state index contributed by atoms with van der Waals surface area (Å²) < 4.78 is 30.6. The van der Waals surface area contributed by atoms with Crippen LogP contribution in [-0.4, -0.2) is 28.6 Å². The molecule has 0 fully saturated rings. The summed E-state index contributed by atoms with van der Waals surface area (Å²) in [6.45, 7) is 0. The van der Waals surface area contributed by atoms with Crippen molar-refractivity contribution < 1.29 is 18.1 Å². The Morgan fingerprint density at radius 2 is 1.41 bits per heavy atom. The molecule has 1 N–H and O–H groups in total. The van der Waals surface area contributed by atoms with Crippen molar-refractivity contribution in [2.24, 2.45) is 0 Å². The van der Waals surface area contributed by atoms with Gasteiger partial charge in [-0.05, 0) is 48.5 Å². The molecule has 5 rings (SSSR count). The first-order valence-electron chi connectivity index (χ1n) is 11.0. The lowest BCUT2D eigenvalue weighted by Gasteiger charge is -2.13. The topological polar surface area (TPSA) is 133 Å². The fourth-order valence-corrected chi connectivity index (χ4v) is 4.99. The average Bonchev–Trinajstić information content (AvgIpc) is 3.21. The number of carbonyl (C=O) groups is 1. The smallest absolute Gasteiger partial charge is 0.268 e. The van der Waals surface area contributed by atoms with Crippen molar-refractivity contribution in [2.75, 3.05) is 0 Å². The number of nitrogens with zero attached hydrogens (tertiary/aromatic N) is 3. The van der Waals surface area contributed by atoms with Crippen LogP contribution in [0.5, 0.6) is 0 Å². The summed E-state index contributed by atoms with van der Waals surface area (Å²) in [4.78, 5) is 36.3. The van der Waals surface area contributed by atoms with Crippen LogP contribution in [0.1, 0.15) is 10.4 Å². The van der Waals surface area contributed by atoms with E-state index in [0.29, 0.717) is 16.9 Å². The Labute approximate surface area is 210 Å². The van der Waals surface area contributed by atoms with E-state index in [4.69, 9.17) is 0 Å². The normalized spacial score (nSPS) is 11.4. The number of sulfonamides is 1. The zero-order valence-electron chi connectivity index (χ0n) is 19.0. The molecule has 0 unspecified atom stereocenters. The molecule has 0 radical (unpaired) electrons. The van der Waals surface area contributed by atoms with Gasteiger partial charge >= 0.3 is 0 Å². The maximum atomic E-state index is 13.5. The lowest BCUT2D eigenvalue weighted by molar-refractivity contribution is -0.385. The van der Waals surface area contributed by atoms with Crippen LogP contribution in [0.3, 0.4) is 0 Å². The van der Waals surface area contributed by atoms with Crippen LogP contribution in [0.4, 0.5) is 5.69 Å². The Morgan fingerprint density at radius 1 is 0.784 bits per heavy atom. The van der Waals surface area contributed by atoms with Crippen molar-refractivity contribution in [3.8, 4) is 11.4 Å². The molecule has 0 atom stereocenters. The molecule has 5 aromatic rings. The highest BCUT2D eigenvalue weighted by molar-refractivity contribution is 7.90. The highest BCUT2D eigenvalue weighted by Gasteiger charge is 2.23. The second-order valence-corrected chi connectivity index (χ2v) is 9.70. The highest BCUT2D eigenvalue weighted by Crippen LogP contribution is 2.22. The number of fused-ring (bicyclic) bond motifs is 1. The standard InChI is InChI=1S/C26H18N4O6S/c31-25(27-37(35,36)22-13-7-12-21(17-22)30(33)34)18-14-15-24-23(16-18)26(32)29(20-10-5-2-6-11-20)28(24)19-8-3-1-4-9-19/h1-17H,(H,27,31). The fraction of sp³-hybridized carbons (Fsp3) is 0. The number of non-ortho nitro benzene ring substituents is 1. The fourth-order valence-electron chi connectivity index (χ4n) is 3.98. The molecule has 10 nitrogen and oxygen atoms in total. The van der Waals surface area contributed by atoms with Gasteiger partial charge < -0.3 is 0 Å². The Morgan fingerprint density at radius 3 is 2.03 bits per heavy atom. The number of hydrogen-bond donors (Lipinski definition) is 1. The molecule has 11 heteroatoms. The van der Waals surface area contributed by atoms with Crippen molar-refractivity contribution in [1.82, 2.24) is 14.1 Å². The van der Waals surface area contributed by atoms with E-state index in [2.05, 4.69) is 0 Å². The van der Waals surface area contributed by atoms with E-state index in [0.717, 1.165) is 18.2 Å². The number of carbonyl (C=O) groups excluding carboxylic acids is 1. The van der Waals surface area contributed by atoms with E-state index in [1.807, 2.05) is 41.1 Å². The summed E-state index contributed by atoms with van der Waals surface area (Å²) in [5.74, 6) is -0.980. The molecule has 0 aliphatic rings. The minimum absolute atomic E-state index is 0.0657. The van der Waals surface area contributed by atoms with Crippen molar-refractivity contribution >= 4 is 32.5 Å². The zero-order chi connectivity index (χ0) is 26.2. The van der Waals surface area contributed by atoms with Gasteiger partial charge in [0.15, 0.2) is 0 Å². The van der Waals surface area contributed by atoms with E-state index in [1.54, 1.807) is 35.0 Å². The monoisotopic (exact) mass is 514 g/mol. The van der Waals surface area contributed by atoms with E-state index in [-0.39, 0.29) is 10.9 Å². The van der Waals surface area contributed by atoms with E-state index < -0.39 is 37.0 Å². The molecule has 1 heterocycles. The quantitative estimate of drug-likeness (QED) is 0.271. The molecule has 0 saturated heterocycles. The van der Waals surface area contributed by atoms with E-state index >= 15 is 0 Å². The summed E-state index contributed by atoms with van der Waals surface area (Å²) in [6, 6.07) is 26.8. The number of nitro groups is 1. The number of para-hydroxylation sites is 2. The molecule has 0 bridgehead atoms. The molecule has 4 aromatic carbocycles. The SMILES string of the molecule is O=C(NS(=O)(=O)c1cccc([N+](=O)[O-])c1)c1ccc2c(c1)c(=O)n(-c1ccccc1)n2-c1ccccc1. The van der Waals surface area contributed by atoms with Gasteiger partial charge in [-0.3, -0.25) is 19.7 Å². The molecular formula is C26H18N4O6S. The van der Waals surface area contributed by atoms with Gasteiger partial charge in [-0.15, -0.1) is 0 Å². The predicted octanol–water partition coefficient (Wildman–Crippen LogP) is 3.81. The second-order valence-electron chi connectivity index (χ2n) is 8.02. The second kappa shape index (κ2) is 9.21. The van der Waals surface area contributed by atoms with Gasteiger partial charge in [-0.1, -0.05) is 42.5 Å². The first-order valence-corrected chi connectivity index (χ1v) is 12.4. The lowest BCUT2D eigenvalue weighted by atomic mass is 10.1. The Hall–Kier alpha value is -5.03. The average molecular weight is 515 g/mol. The van der Waals surface area contributed by atoms with Crippen LogP contribution in [-0.2, 0) is 10.0 Å². The third-order valence-corrected chi connectivity index (χ3v) is 7.01. The van der Waals surface area contributed by atoms with Crippen molar-refractivity contribution in [2.45, 2.75) is 4.90 Å². The first-order chi connectivity index (χ1) is 17.8. The Bertz CT molecular complexity index is 1830. The number of amides is 1. The van der Waals surface area contributed by atoms with Gasteiger partial charge in [-0.2, -0.15) is 0 Å². The van der Waals surface area contributed by atoms with Crippen LogP contribution in [0.25, 0.3) is 22.3 Å². The third kappa shape index (κ3) is 4.39. The Balaban J connectivity index is 1.59. The largest absolute Gasteiger partial charge is 0.279 e. The summed E-state index contributed by atoms with van der Waals surface area (Å²) in [5.41, 5.74) is 0.930. The van der Waals surface area contributed by atoms with Gasteiger partial charge in [0, 0.05) is 17.7 Å². The number of hydrogen-bond acceptors (Lipinski definition) is 6. The summed E-state index contributed by atoms with van der Waals surface area (Å²) in [6.07, 6.45) is 0. The number of rotatable bonds is 6. The van der Waals surface area contributed by atoms with Crippen molar-refractivity contribution in [3.05, 3.63) is 129 Å². The van der Waals surface area contributed by atoms with Gasteiger partial charge in [-0.25, -0.2) is 22.5 Å². The van der Waals surface area contributed by atoms with Crippen LogP contribution in [0.2, 0.25) is 0 Å². The molecule has 184 valence electrons. The van der Waals surface area contributed by atoms with E-state index in [1.165, 1.54) is 22.9 Å². The van der Waals surface area contributed by atoms with Gasteiger partial charge in [0.05, 0.1) is 32.1 Å². The predicted molar refractivity (Wildman–Crippen MR) is 137 cm³/mol. The number of nitro benzene ring substituents is 1. The summed E-state index contributed by atoms with van der Waals surface area (Å²) >= 11 is 0. The van der Waals surface area contributed by atoms with Crippen molar-refractivity contribution in [1.29, 1.82) is 0 Å². The maximum absolute atomic E-state index is 13.5. The molecule has 1 aromatic heterocycles. The number of nitrogens with one attached hydrogen (secondary N) is 1. The van der Waals surface area contributed by atoms with E-state index in [9.17, 15) is 28.1 Å². The van der Waals surface area contributed by atoms with Crippen LogP contribution in [0, 0.1) is 10.1 Å². The molecule has 1 amide bonds. The first kappa shape index (κ1) is 23.7. The summed E-state index contributed by atoms with van der Waals surface area (Å²) in [7, 11) is -4.41. The molecule has 0 aliphatic carbocycles. The molecule has 0 saturated carbocycles. The molecule has 0 spiro atoms. The minimum Gasteiger partial charge on any atom is -0.268 e. The highest BCUT2D eigenvalue weighted by atomic mass is 32.2. The third-order valence-electron chi connectivity index (χ3n) is 5.68. The van der Waals surface area contributed by atoms with Crippen LogP contribution >= 0.6 is 0 Å². The molecule has 0 aliphatic heterocycles. The maximum Gasteiger partial charge on any atom is 0.279 e. The van der Waals surface area contributed by atoms with Gasteiger partial charge in [0.25, 0.3) is 27.2 Å². The van der Waals surface area contributed by atoms with Crippen LogP contribution < -0.4 is 10.3 Å². The van der Waals surface area contributed by atoms with Gasteiger partial charge in [0.1, 0.15) is 0 Å². The van der Waals surface area contributed by atoms with Crippen molar-refractivity contribution in [3.63, 3.8) is 0 Å². The number of aromatic nitrogens is 2. The summed E-state index contributed by atoms with van der Waals surface area (Å²) in [5, 5.41) is 11.2. The Kier molecular flexibility index (Phi) is 5.90. The number of benzene rings is 4.